The molecule has 5 nitrogen and oxygen atoms in total. The Kier molecular flexibility index (Phi) is 5.22. The van der Waals surface area contributed by atoms with Gasteiger partial charge in [-0.15, -0.1) is 0 Å². The molecule has 0 aliphatic carbocycles. The molecule has 0 unspecified atom stereocenters. The van der Waals surface area contributed by atoms with Crippen molar-refractivity contribution in [1.82, 2.24) is 9.78 Å². The molecule has 0 fully saturated rings. The largest absolute Gasteiger partial charge is 0.484 e. The summed E-state index contributed by atoms with van der Waals surface area (Å²) in [7, 11) is 0. The number of carbonyl (C=O) groups is 1. The van der Waals surface area contributed by atoms with Crippen molar-refractivity contribution in [3.8, 4) is 5.75 Å². The number of hydrogen-bond acceptors (Lipinski definition) is 3. The van der Waals surface area contributed by atoms with Crippen molar-refractivity contribution in [2.45, 2.75) is 26.3 Å². The normalized spacial score (nSPS) is 12.0. The molecule has 6 heteroatoms. The SMILES string of the molecule is CC[C@@H](C)n1nccc1NC(=O)COc1ccc(Cl)cc1. The van der Waals surface area contributed by atoms with Crippen LogP contribution in [0.3, 0.4) is 0 Å². The number of halogens is 1. The van der Waals surface area contributed by atoms with Crippen molar-refractivity contribution >= 4 is 23.3 Å². The van der Waals surface area contributed by atoms with Crippen molar-refractivity contribution in [1.29, 1.82) is 0 Å². The molecule has 1 heterocycles. The van der Waals surface area contributed by atoms with E-state index < -0.39 is 0 Å². The number of nitrogens with zero attached hydrogens (tertiary/aromatic N) is 2. The number of benzene rings is 1. The maximum Gasteiger partial charge on any atom is 0.263 e. The zero-order valence-electron chi connectivity index (χ0n) is 12.0. The summed E-state index contributed by atoms with van der Waals surface area (Å²) in [6, 6.07) is 8.87. The maximum atomic E-state index is 11.9. The third-order valence-corrected chi connectivity index (χ3v) is 3.38. The fourth-order valence-corrected chi connectivity index (χ4v) is 1.92. The molecule has 0 aliphatic heterocycles. The second kappa shape index (κ2) is 7.13. The zero-order chi connectivity index (χ0) is 15.2. The van der Waals surface area contributed by atoms with Crippen LogP contribution in [0.4, 0.5) is 5.82 Å². The Balaban J connectivity index is 1.90. The topological polar surface area (TPSA) is 56.2 Å². The number of nitrogens with one attached hydrogen (secondary N) is 1. The quantitative estimate of drug-likeness (QED) is 0.888. The average Bonchev–Trinajstić information content (AvgIpc) is 2.94. The zero-order valence-corrected chi connectivity index (χ0v) is 12.8. The molecule has 1 aromatic heterocycles. The lowest BCUT2D eigenvalue weighted by Crippen LogP contribution is -2.22. The van der Waals surface area contributed by atoms with Crippen LogP contribution in [0.2, 0.25) is 5.02 Å². The first-order valence-corrected chi connectivity index (χ1v) is 7.19. The molecular formula is C15H18ClN3O2. The molecule has 21 heavy (non-hydrogen) atoms. The molecule has 0 saturated heterocycles. The summed E-state index contributed by atoms with van der Waals surface area (Å²) in [4.78, 5) is 11.9. The first-order chi connectivity index (χ1) is 10.1. The van der Waals surface area contributed by atoms with Gasteiger partial charge in [-0.1, -0.05) is 18.5 Å². The summed E-state index contributed by atoms with van der Waals surface area (Å²) in [5, 5.41) is 7.64. The monoisotopic (exact) mass is 307 g/mol. The lowest BCUT2D eigenvalue weighted by atomic mass is 10.3. The summed E-state index contributed by atoms with van der Waals surface area (Å²) >= 11 is 5.79. The van der Waals surface area contributed by atoms with Crippen molar-refractivity contribution < 1.29 is 9.53 Å². The molecule has 0 bridgehead atoms. The van der Waals surface area contributed by atoms with Crippen LogP contribution in [0.1, 0.15) is 26.3 Å². The molecule has 2 rings (SSSR count). The predicted octanol–water partition coefficient (Wildman–Crippen LogP) is 3.53. The Labute approximate surface area is 128 Å². The number of ether oxygens (including phenoxy) is 1. The third-order valence-electron chi connectivity index (χ3n) is 3.13. The summed E-state index contributed by atoms with van der Waals surface area (Å²) in [5.41, 5.74) is 0. The van der Waals surface area contributed by atoms with Gasteiger partial charge < -0.3 is 10.1 Å². The van der Waals surface area contributed by atoms with Crippen LogP contribution in [0.15, 0.2) is 36.5 Å². The van der Waals surface area contributed by atoms with Gasteiger partial charge in [0.05, 0.1) is 12.2 Å². The van der Waals surface area contributed by atoms with Gasteiger partial charge in [-0.3, -0.25) is 4.79 Å². The van der Waals surface area contributed by atoms with E-state index in [-0.39, 0.29) is 18.6 Å². The van der Waals surface area contributed by atoms with E-state index in [2.05, 4.69) is 17.3 Å². The van der Waals surface area contributed by atoms with E-state index in [1.807, 2.05) is 6.92 Å². The Morgan fingerprint density at radius 2 is 2.10 bits per heavy atom. The minimum atomic E-state index is -0.227. The molecule has 0 aliphatic rings. The lowest BCUT2D eigenvalue weighted by molar-refractivity contribution is -0.118. The molecule has 0 spiro atoms. The van der Waals surface area contributed by atoms with E-state index in [1.165, 1.54) is 0 Å². The van der Waals surface area contributed by atoms with Crippen molar-refractivity contribution in [2.24, 2.45) is 0 Å². The number of anilines is 1. The first kappa shape index (κ1) is 15.4. The highest BCUT2D eigenvalue weighted by molar-refractivity contribution is 6.30. The first-order valence-electron chi connectivity index (χ1n) is 6.82. The highest BCUT2D eigenvalue weighted by Crippen LogP contribution is 2.17. The van der Waals surface area contributed by atoms with E-state index >= 15 is 0 Å². The van der Waals surface area contributed by atoms with Crippen LogP contribution in [0.5, 0.6) is 5.75 Å². The highest BCUT2D eigenvalue weighted by atomic mass is 35.5. The van der Waals surface area contributed by atoms with Crippen LogP contribution in [-0.4, -0.2) is 22.3 Å². The van der Waals surface area contributed by atoms with Crippen molar-refractivity contribution in [3.63, 3.8) is 0 Å². The fraction of sp³-hybridized carbons (Fsp3) is 0.333. The van der Waals surface area contributed by atoms with E-state index in [9.17, 15) is 4.79 Å². The van der Waals surface area contributed by atoms with Crippen LogP contribution >= 0.6 is 11.6 Å². The van der Waals surface area contributed by atoms with Crippen LogP contribution in [0, 0.1) is 0 Å². The van der Waals surface area contributed by atoms with E-state index in [0.717, 1.165) is 6.42 Å². The summed E-state index contributed by atoms with van der Waals surface area (Å²) in [6.45, 7) is 4.06. The summed E-state index contributed by atoms with van der Waals surface area (Å²) in [6.07, 6.45) is 2.60. The van der Waals surface area contributed by atoms with Gasteiger partial charge in [-0.05, 0) is 37.6 Å². The second-order valence-electron chi connectivity index (χ2n) is 4.71. The average molecular weight is 308 g/mol. The minimum Gasteiger partial charge on any atom is -0.484 e. The lowest BCUT2D eigenvalue weighted by Gasteiger charge is -2.14. The van der Waals surface area contributed by atoms with Crippen LogP contribution < -0.4 is 10.1 Å². The van der Waals surface area contributed by atoms with Gasteiger partial charge in [0.25, 0.3) is 5.91 Å². The van der Waals surface area contributed by atoms with Gasteiger partial charge in [0, 0.05) is 11.1 Å². The van der Waals surface area contributed by atoms with Crippen molar-refractivity contribution in [2.75, 3.05) is 11.9 Å². The van der Waals surface area contributed by atoms with Crippen LogP contribution in [-0.2, 0) is 4.79 Å². The Morgan fingerprint density at radius 3 is 2.76 bits per heavy atom. The van der Waals surface area contributed by atoms with Crippen LogP contribution in [0.25, 0.3) is 0 Å². The van der Waals surface area contributed by atoms with E-state index in [0.29, 0.717) is 16.6 Å². The van der Waals surface area contributed by atoms with E-state index in [1.54, 1.807) is 41.2 Å². The molecular weight excluding hydrogens is 290 g/mol. The number of hydrogen-bond donors (Lipinski definition) is 1. The number of rotatable bonds is 6. The molecule has 2 aromatic rings. The van der Waals surface area contributed by atoms with Gasteiger partial charge in [0.15, 0.2) is 6.61 Å². The molecule has 1 N–H and O–H groups in total. The number of aromatic nitrogens is 2. The van der Waals surface area contributed by atoms with Gasteiger partial charge in [-0.2, -0.15) is 5.10 Å². The fourth-order valence-electron chi connectivity index (χ4n) is 1.80. The van der Waals surface area contributed by atoms with Gasteiger partial charge in [0.1, 0.15) is 11.6 Å². The van der Waals surface area contributed by atoms with Gasteiger partial charge in [0.2, 0.25) is 0 Å². The minimum absolute atomic E-state index is 0.0622. The molecule has 1 aromatic carbocycles. The summed E-state index contributed by atoms with van der Waals surface area (Å²) in [5.74, 6) is 1.05. The molecule has 1 amide bonds. The smallest absolute Gasteiger partial charge is 0.263 e. The summed E-state index contributed by atoms with van der Waals surface area (Å²) < 4.78 is 7.19. The second-order valence-corrected chi connectivity index (χ2v) is 5.15. The molecule has 1 atom stereocenters. The van der Waals surface area contributed by atoms with Gasteiger partial charge >= 0.3 is 0 Å². The van der Waals surface area contributed by atoms with Crippen molar-refractivity contribution in [3.05, 3.63) is 41.6 Å². The predicted molar refractivity (Wildman–Crippen MR) is 82.8 cm³/mol. The Bertz CT molecular complexity index is 595. The molecule has 112 valence electrons. The Morgan fingerprint density at radius 1 is 1.38 bits per heavy atom. The molecule has 0 saturated carbocycles. The number of amides is 1. The standard InChI is InChI=1S/C15H18ClN3O2/c1-3-11(2)19-14(8-9-17-19)18-15(20)10-21-13-6-4-12(16)5-7-13/h4-9,11H,3,10H2,1-2H3,(H,18,20)/t11-/m1/s1. The number of carbonyl (C=O) groups excluding carboxylic acids is 1. The molecule has 0 radical (unpaired) electrons. The van der Waals surface area contributed by atoms with Gasteiger partial charge in [-0.25, -0.2) is 4.68 Å². The highest BCUT2D eigenvalue weighted by Gasteiger charge is 2.11. The third kappa shape index (κ3) is 4.23. The maximum absolute atomic E-state index is 11.9. The van der Waals surface area contributed by atoms with E-state index in [4.69, 9.17) is 16.3 Å². The Hall–Kier alpha value is -2.01.